The van der Waals surface area contributed by atoms with E-state index < -0.39 is 5.97 Å². The molecule has 118 valence electrons. The summed E-state index contributed by atoms with van der Waals surface area (Å²) in [6.45, 7) is 3.92. The van der Waals surface area contributed by atoms with Crippen LogP contribution < -0.4 is 10.6 Å². The molecular formula is C17H17N3O3. The Kier molecular flexibility index (Phi) is 5.46. The minimum Gasteiger partial charge on any atom is -0.465 e. The molecule has 2 rings (SSSR count). The number of ether oxygens (including phenoxy) is 1. The second-order valence-corrected chi connectivity index (χ2v) is 4.63. The number of hydrogen-bond donors (Lipinski definition) is 2. The van der Waals surface area contributed by atoms with Gasteiger partial charge in [0, 0.05) is 12.2 Å². The second kappa shape index (κ2) is 7.74. The topological polar surface area (TPSA) is 80.3 Å². The number of pyridine rings is 1. The third kappa shape index (κ3) is 4.41. The van der Waals surface area contributed by atoms with Crippen molar-refractivity contribution in [2.24, 2.45) is 0 Å². The van der Waals surface area contributed by atoms with Gasteiger partial charge in [0.25, 0.3) is 5.91 Å². The number of rotatable bonds is 6. The number of nitrogens with zero attached hydrogens (tertiary/aromatic N) is 1. The molecule has 0 aliphatic carbocycles. The second-order valence-electron chi connectivity index (χ2n) is 4.63. The van der Waals surface area contributed by atoms with E-state index in [1.807, 2.05) is 6.07 Å². The normalized spacial score (nSPS) is 9.78. The summed E-state index contributed by atoms with van der Waals surface area (Å²) in [7, 11) is 1.34. The summed E-state index contributed by atoms with van der Waals surface area (Å²) in [6.07, 6.45) is 3.15. The number of esters is 1. The van der Waals surface area contributed by atoms with Crippen molar-refractivity contribution in [3.8, 4) is 0 Å². The van der Waals surface area contributed by atoms with Gasteiger partial charge in [0.15, 0.2) is 0 Å². The molecule has 0 aliphatic heterocycles. The highest BCUT2D eigenvalue weighted by molar-refractivity contribution is 5.92. The fourth-order valence-electron chi connectivity index (χ4n) is 1.87. The lowest BCUT2D eigenvalue weighted by molar-refractivity contribution is 0.0600. The van der Waals surface area contributed by atoms with Crippen LogP contribution in [0.4, 0.5) is 11.4 Å². The predicted molar refractivity (Wildman–Crippen MR) is 87.8 cm³/mol. The van der Waals surface area contributed by atoms with E-state index in [-0.39, 0.29) is 5.91 Å². The Morgan fingerprint density at radius 3 is 2.74 bits per heavy atom. The van der Waals surface area contributed by atoms with E-state index in [1.165, 1.54) is 7.11 Å². The average Bonchev–Trinajstić information content (AvgIpc) is 2.59. The lowest BCUT2D eigenvalue weighted by Gasteiger charge is -2.08. The van der Waals surface area contributed by atoms with Crippen LogP contribution in [0.3, 0.4) is 0 Å². The molecule has 6 nitrogen and oxygen atoms in total. The first-order chi connectivity index (χ1) is 11.1. The molecule has 0 bridgehead atoms. The van der Waals surface area contributed by atoms with Gasteiger partial charge in [-0.3, -0.25) is 4.79 Å². The van der Waals surface area contributed by atoms with E-state index in [9.17, 15) is 9.59 Å². The SMILES string of the molecule is C=CCNC(=O)c1ccc(Nc2cccc(C(=O)OC)c2)cn1. The molecule has 1 heterocycles. The maximum atomic E-state index is 11.7. The van der Waals surface area contributed by atoms with E-state index >= 15 is 0 Å². The summed E-state index contributed by atoms with van der Waals surface area (Å²) in [6, 6.07) is 10.3. The monoisotopic (exact) mass is 311 g/mol. The van der Waals surface area contributed by atoms with Gasteiger partial charge in [-0.05, 0) is 30.3 Å². The minimum absolute atomic E-state index is 0.260. The van der Waals surface area contributed by atoms with Gasteiger partial charge in [0.1, 0.15) is 5.69 Å². The summed E-state index contributed by atoms with van der Waals surface area (Å²) in [4.78, 5) is 27.3. The van der Waals surface area contributed by atoms with Gasteiger partial charge in [-0.1, -0.05) is 12.1 Å². The Morgan fingerprint density at radius 1 is 1.26 bits per heavy atom. The first kappa shape index (κ1) is 16.2. The van der Waals surface area contributed by atoms with E-state index in [1.54, 1.807) is 42.6 Å². The number of aromatic nitrogens is 1. The first-order valence-electron chi connectivity index (χ1n) is 6.94. The summed E-state index contributed by atoms with van der Waals surface area (Å²) in [5.41, 5.74) is 2.19. The highest BCUT2D eigenvalue weighted by Crippen LogP contribution is 2.17. The van der Waals surface area contributed by atoms with E-state index in [4.69, 9.17) is 0 Å². The molecule has 0 unspecified atom stereocenters. The molecule has 1 amide bonds. The minimum atomic E-state index is -0.402. The average molecular weight is 311 g/mol. The van der Waals surface area contributed by atoms with E-state index in [0.29, 0.717) is 23.5 Å². The van der Waals surface area contributed by atoms with Crippen molar-refractivity contribution in [1.82, 2.24) is 10.3 Å². The Balaban J connectivity index is 2.07. The molecule has 0 fully saturated rings. The van der Waals surface area contributed by atoms with Crippen LogP contribution in [0.5, 0.6) is 0 Å². The summed E-state index contributed by atoms with van der Waals surface area (Å²) >= 11 is 0. The van der Waals surface area contributed by atoms with Gasteiger partial charge in [-0.2, -0.15) is 0 Å². The Morgan fingerprint density at radius 2 is 2.09 bits per heavy atom. The molecule has 6 heteroatoms. The lowest BCUT2D eigenvalue weighted by Crippen LogP contribution is -2.24. The molecule has 0 aliphatic rings. The number of benzene rings is 1. The van der Waals surface area contributed by atoms with Crippen molar-refractivity contribution in [3.05, 3.63) is 66.5 Å². The van der Waals surface area contributed by atoms with Crippen LogP contribution in [0, 0.1) is 0 Å². The zero-order chi connectivity index (χ0) is 16.7. The van der Waals surface area contributed by atoms with Gasteiger partial charge in [0.2, 0.25) is 0 Å². The zero-order valence-corrected chi connectivity index (χ0v) is 12.7. The number of nitrogens with one attached hydrogen (secondary N) is 2. The number of methoxy groups -OCH3 is 1. The number of anilines is 2. The van der Waals surface area contributed by atoms with E-state index in [0.717, 1.165) is 5.69 Å². The molecule has 0 spiro atoms. The van der Waals surface area contributed by atoms with Crippen molar-refractivity contribution in [3.63, 3.8) is 0 Å². The Bertz CT molecular complexity index is 711. The maximum Gasteiger partial charge on any atom is 0.337 e. The van der Waals surface area contributed by atoms with Gasteiger partial charge in [-0.25, -0.2) is 9.78 Å². The molecule has 1 aromatic heterocycles. The standard InChI is InChI=1S/C17H17N3O3/c1-3-9-18-16(21)15-8-7-14(11-19-15)20-13-6-4-5-12(10-13)17(22)23-2/h3-8,10-11,20H,1,9H2,2H3,(H,18,21). The number of carbonyl (C=O) groups excluding carboxylic acids is 2. The quantitative estimate of drug-likeness (QED) is 0.633. The maximum absolute atomic E-state index is 11.7. The van der Waals surface area contributed by atoms with Crippen LogP contribution in [0.1, 0.15) is 20.8 Å². The van der Waals surface area contributed by atoms with Crippen LogP contribution in [0.15, 0.2) is 55.3 Å². The molecule has 0 atom stereocenters. The number of hydrogen-bond acceptors (Lipinski definition) is 5. The van der Waals surface area contributed by atoms with Crippen molar-refractivity contribution >= 4 is 23.3 Å². The van der Waals surface area contributed by atoms with E-state index in [2.05, 4.69) is 26.9 Å². The number of carbonyl (C=O) groups is 2. The fraction of sp³-hybridized carbons (Fsp3) is 0.118. The molecule has 23 heavy (non-hydrogen) atoms. The molecule has 1 aromatic carbocycles. The third-order valence-electron chi connectivity index (χ3n) is 2.98. The van der Waals surface area contributed by atoms with Crippen molar-refractivity contribution in [2.75, 3.05) is 19.0 Å². The molecular weight excluding hydrogens is 294 g/mol. The lowest BCUT2D eigenvalue weighted by atomic mass is 10.2. The molecule has 2 aromatic rings. The highest BCUT2D eigenvalue weighted by atomic mass is 16.5. The first-order valence-corrected chi connectivity index (χ1v) is 6.94. The third-order valence-corrected chi connectivity index (χ3v) is 2.98. The largest absolute Gasteiger partial charge is 0.465 e. The van der Waals surface area contributed by atoms with Gasteiger partial charge >= 0.3 is 5.97 Å². The molecule has 0 saturated heterocycles. The Hall–Kier alpha value is -3.15. The van der Waals surface area contributed by atoms with Crippen LogP contribution in [0.2, 0.25) is 0 Å². The van der Waals surface area contributed by atoms with Crippen LogP contribution in [-0.2, 0) is 4.74 Å². The van der Waals surface area contributed by atoms with Crippen LogP contribution >= 0.6 is 0 Å². The van der Waals surface area contributed by atoms with Crippen molar-refractivity contribution in [2.45, 2.75) is 0 Å². The summed E-state index contributed by atoms with van der Waals surface area (Å²) < 4.78 is 4.69. The van der Waals surface area contributed by atoms with Gasteiger partial charge < -0.3 is 15.4 Å². The fourth-order valence-corrected chi connectivity index (χ4v) is 1.87. The van der Waals surface area contributed by atoms with Crippen LogP contribution in [-0.4, -0.2) is 30.5 Å². The van der Waals surface area contributed by atoms with Gasteiger partial charge in [0.05, 0.1) is 24.6 Å². The summed E-state index contributed by atoms with van der Waals surface area (Å²) in [5.74, 6) is -0.662. The smallest absolute Gasteiger partial charge is 0.337 e. The van der Waals surface area contributed by atoms with Crippen molar-refractivity contribution in [1.29, 1.82) is 0 Å². The predicted octanol–water partition coefficient (Wildman–Crippen LogP) is 2.53. The van der Waals surface area contributed by atoms with Crippen molar-refractivity contribution < 1.29 is 14.3 Å². The summed E-state index contributed by atoms with van der Waals surface area (Å²) in [5, 5.41) is 5.77. The molecule has 0 saturated carbocycles. The molecule has 2 N–H and O–H groups in total. The zero-order valence-electron chi connectivity index (χ0n) is 12.7. The van der Waals surface area contributed by atoms with Gasteiger partial charge in [-0.15, -0.1) is 6.58 Å². The Labute approximate surface area is 134 Å². The highest BCUT2D eigenvalue weighted by Gasteiger charge is 2.07. The number of amides is 1. The van der Waals surface area contributed by atoms with Crippen LogP contribution in [0.25, 0.3) is 0 Å². The molecule has 0 radical (unpaired) electrons.